The van der Waals surface area contributed by atoms with Crippen LogP contribution in [0.1, 0.15) is 36.2 Å². The number of ketones is 1. The molecule has 0 aromatic heterocycles. The Labute approximate surface area is 101 Å². The van der Waals surface area contributed by atoms with Gasteiger partial charge < -0.3 is 10.4 Å². The van der Waals surface area contributed by atoms with E-state index in [-0.39, 0.29) is 28.9 Å². The lowest BCUT2D eigenvalue weighted by atomic mass is 9.59. The number of piperidine rings is 1. The predicted molar refractivity (Wildman–Crippen MR) is 65.4 cm³/mol. The fourth-order valence-corrected chi connectivity index (χ4v) is 3.35. The van der Waals surface area contributed by atoms with E-state index < -0.39 is 0 Å². The van der Waals surface area contributed by atoms with Gasteiger partial charge in [-0.15, -0.1) is 0 Å². The summed E-state index contributed by atoms with van der Waals surface area (Å²) in [5.74, 6) is 0.699. The molecule has 2 aliphatic rings. The Bertz CT molecular complexity index is 497. The molecule has 1 unspecified atom stereocenters. The zero-order valence-corrected chi connectivity index (χ0v) is 10.2. The molecule has 3 heteroatoms. The molecule has 0 radical (unpaired) electrons. The van der Waals surface area contributed by atoms with E-state index >= 15 is 0 Å². The minimum atomic E-state index is -0.0641. The Morgan fingerprint density at radius 1 is 1.47 bits per heavy atom. The van der Waals surface area contributed by atoms with E-state index in [9.17, 15) is 9.90 Å². The molecule has 0 amide bonds. The molecule has 1 saturated heterocycles. The summed E-state index contributed by atoms with van der Waals surface area (Å²) in [6.07, 6.45) is 1.01. The first-order chi connectivity index (χ1) is 8.04. The molecule has 1 aliphatic carbocycles. The SMILES string of the molecule is C[C@H]1C2NCC[C@@]1(C)c1cc(O)ccc1C2=O. The van der Waals surface area contributed by atoms with Crippen molar-refractivity contribution in [2.75, 3.05) is 6.54 Å². The lowest BCUT2D eigenvalue weighted by Gasteiger charge is -2.49. The monoisotopic (exact) mass is 231 g/mol. The van der Waals surface area contributed by atoms with Crippen molar-refractivity contribution < 1.29 is 9.90 Å². The van der Waals surface area contributed by atoms with Crippen LogP contribution in [0, 0.1) is 5.92 Å². The highest BCUT2D eigenvalue weighted by Crippen LogP contribution is 2.46. The first-order valence-corrected chi connectivity index (χ1v) is 6.15. The Hall–Kier alpha value is -1.35. The van der Waals surface area contributed by atoms with Crippen molar-refractivity contribution in [2.45, 2.75) is 31.7 Å². The molecule has 3 nitrogen and oxygen atoms in total. The summed E-state index contributed by atoms with van der Waals surface area (Å²) in [5, 5.41) is 13.0. The van der Waals surface area contributed by atoms with E-state index in [2.05, 4.69) is 19.2 Å². The number of carbonyl (C=O) groups excluding carboxylic acids is 1. The second kappa shape index (κ2) is 3.33. The number of Topliss-reactive ketones (excluding diaryl/α,β-unsaturated/α-hetero) is 1. The second-order valence-electron chi connectivity index (χ2n) is 5.48. The van der Waals surface area contributed by atoms with Crippen molar-refractivity contribution in [3.05, 3.63) is 29.3 Å². The number of hydrogen-bond donors (Lipinski definition) is 2. The topological polar surface area (TPSA) is 49.3 Å². The third-order valence-electron chi connectivity index (χ3n) is 4.68. The summed E-state index contributed by atoms with van der Waals surface area (Å²) in [6, 6.07) is 5.07. The van der Waals surface area contributed by atoms with Gasteiger partial charge in [-0.25, -0.2) is 0 Å². The van der Waals surface area contributed by atoms with Crippen molar-refractivity contribution in [2.24, 2.45) is 5.92 Å². The van der Waals surface area contributed by atoms with Gasteiger partial charge in [0.15, 0.2) is 5.78 Å². The summed E-state index contributed by atoms with van der Waals surface area (Å²) < 4.78 is 0. The van der Waals surface area contributed by atoms with Crippen LogP contribution in [0.4, 0.5) is 0 Å². The minimum Gasteiger partial charge on any atom is -0.508 e. The van der Waals surface area contributed by atoms with Gasteiger partial charge in [0, 0.05) is 5.56 Å². The third kappa shape index (κ3) is 1.29. The maximum absolute atomic E-state index is 12.3. The van der Waals surface area contributed by atoms with Gasteiger partial charge >= 0.3 is 0 Å². The lowest BCUT2D eigenvalue weighted by molar-refractivity contribution is 0.0766. The first kappa shape index (κ1) is 10.8. The van der Waals surface area contributed by atoms with E-state index in [0.29, 0.717) is 0 Å². The van der Waals surface area contributed by atoms with Gasteiger partial charge in [-0.2, -0.15) is 0 Å². The molecule has 1 aromatic rings. The van der Waals surface area contributed by atoms with Crippen LogP contribution in [0.15, 0.2) is 18.2 Å². The van der Waals surface area contributed by atoms with Crippen molar-refractivity contribution in [3.8, 4) is 5.75 Å². The number of carbonyl (C=O) groups is 1. The van der Waals surface area contributed by atoms with Gasteiger partial charge in [0.2, 0.25) is 0 Å². The first-order valence-electron chi connectivity index (χ1n) is 6.15. The summed E-state index contributed by atoms with van der Waals surface area (Å²) in [7, 11) is 0. The average Bonchev–Trinajstić information content (AvgIpc) is 2.30. The van der Waals surface area contributed by atoms with Crippen molar-refractivity contribution in [1.82, 2.24) is 5.32 Å². The van der Waals surface area contributed by atoms with Crippen LogP contribution in [0.2, 0.25) is 0 Å². The number of rotatable bonds is 0. The molecule has 3 atom stereocenters. The Morgan fingerprint density at radius 2 is 2.24 bits per heavy atom. The third-order valence-corrected chi connectivity index (χ3v) is 4.68. The normalized spacial score (nSPS) is 35.5. The number of phenols is 1. The van der Waals surface area contributed by atoms with Crippen LogP contribution < -0.4 is 5.32 Å². The highest BCUT2D eigenvalue weighted by molar-refractivity contribution is 6.03. The number of fused-ring (bicyclic) bond motifs is 4. The van der Waals surface area contributed by atoms with Gasteiger partial charge in [-0.3, -0.25) is 4.79 Å². The average molecular weight is 231 g/mol. The van der Waals surface area contributed by atoms with E-state index in [1.165, 1.54) is 0 Å². The highest BCUT2D eigenvalue weighted by Gasteiger charge is 2.49. The number of aromatic hydroxyl groups is 1. The number of hydrogen-bond acceptors (Lipinski definition) is 3. The Morgan fingerprint density at radius 3 is 3.00 bits per heavy atom. The Kier molecular flexibility index (Phi) is 2.11. The van der Waals surface area contributed by atoms with E-state index in [1.54, 1.807) is 18.2 Å². The molecule has 1 heterocycles. The molecule has 2 N–H and O–H groups in total. The lowest BCUT2D eigenvalue weighted by Crippen LogP contribution is -2.59. The summed E-state index contributed by atoms with van der Waals surface area (Å²) in [4.78, 5) is 12.3. The molecule has 17 heavy (non-hydrogen) atoms. The molecule has 2 bridgehead atoms. The van der Waals surface area contributed by atoms with Crippen molar-refractivity contribution in [1.29, 1.82) is 0 Å². The number of benzene rings is 1. The highest BCUT2D eigenvalue weighted by atomic mass is 16.3. The molecular weight excluding hydrogens is 214 g/mol. The summed E-state index contributed by atoms with van der Waals surface area (Å²) in [5.41, 5.74) is 1.80. The molecule has 0 saturated carbocycles. The van der Waals surface area contributed by atoms with E-state index in [0.717, 1.165) is 24.1 Å². The van der Waals surface area contributed by atoms with E-state index in [1.807, 2.05) is 0 Å². The predicted octanol–water partition coefficient (Wildman–Crippen LogP) is 1.84. The number of nitrogens with one attached hydrogen (secondary N) is 1. The maximum atomic E-state index is 12.3. The number of phenolic OH excluding ortho intramolecular Hbond substituents is 1. The van der Waals surface area contributed by atoms with E-state index in [4.69, 9.17) is 0 Å². The minimum absolute atomic E-state index is 0.00208. The van der Waals surface area contributed by atoms with Crippen molar-refractivity contribution in [3.63, 3.8) is 0 Å². The maximum Gasteiger partial charge on any atom is 0.180 e. The zero-order valence-electron chi connectivity index (χ0n) is 10.2. The quantitative estimate of drug-likeness (QED) is 0.716. The molecule has 1 aliphatic heterocycles. The summed E-state index contributed by atoms with van der Waals surface area (Å²) in [6.45, 7) is 5.20. The zero-order chi connectivity index (χ0) is 12.2. The van der Waals surface area contributed by atoms with Crippen LogP contribution in [0.25, 0.3) is 0 Å². The van der Waals surface area contributed by atoms with Gasteiger partial charge in [-0.05, 0) is 48.1 Å². The van der Waals surface area contributed by atoms with Crippen LogP contribution in [-0.4, -0.2) is 23.5 Å². The molecule has 1 aromatic carbocycles. The Balaban J connectivity index is 2.26. The fourth-order valence-electron chi connectivity index (χ4n) is 3.35. The second-order valence-corrected chi connectivity index (χ2v) is 5.48. The van der Waals surface area contributed by atoms with Gasteiger partial charge in [0.05, 0.1) is 6.04 Å². The fraction of sp³-hybridized carbons (Fsp3) is 0.500. The molecular formula is C14H17NO2. The van der Waals surface area contributed by atoms with Gasteiger partial charge in [-0.1, -0.05) is 13.8 Å². The van der Waals surface area contributed by atoms with Crippen LogP contribution in [0.3, 0.4) is 0 Å². The molecule has 1 fully saturated rings. The summed E-state index contributed by atoms with van der Waals surface area (Å²) >= 11 is 0. The van der Waals surface area contributed by atoms with Crippen LogP contribution >= 0.6 is 0 Å². The standard InChI is InChI=1S/C14H17NO2/c1-8-12-13(17)10-4-3-9(16)7-11(10)14(8,2)5-6-15-12/h3-4,7-8,12,15-16H,5-6H2,1-2H3/t8-,12?,14+/m0/s1. The van der Waals surface area contributed by atoms with Crippen LogP contribution in [-0.2, 0) is 5.41 Å². The smallest absolute Gasteiger partial charge is 0.180 e. The van der Waals surface area contributed by atoms with Gasteiger partial charge in [0.25, 0.3) is 0 Å². The van der Waals surface area contributed by atoms with Crippen LogP contribution in [0.5, 0.6) is 5.75 Å². The van der Waals surface area contributed by atoms with Crippen molar-refractivity contribution >= 4 is 5.78 Å². The van der Waals surface area contributed by atoms with Gasteiger partial charge in [0.1, 0.15) is 5.75 Å². The largest absolute Gasteiger partial charge is 0.508 e. The molecule has 90 valence electrons. The molecule has 3 rings (SSSR count). The molecule has 0 spiro atoms.